The fourth-order valence-corrected chi connectivity index (χ4v) is 2.43. The first-order valence-electron chi connectivity index (χ1n) is 6.75. The van der Waals surface area contributed by atoms with Crippen molar-refractivity contribution in [1.82, 2.24) is 5.32 Å². The number of hydrogen-bond acceptors (Lipinski definition) is 2. The summed E-state index contributed by atoms with van der Waals surface area (Å²) in [4.78, 5) is 0. The largest absolute Gasteiger partial charge is 0.377 e. The van der Waals surface area contributed by atoms with Gasteiger partial charge < -0.3 is 10.1 Å². The third-order valence-corrected chi connectivity index (χ3v) is 3.54. The van der Waals surface area contributed by atoms with Crippen molar-refractivity contribution in [3.63, 3.8) is 0 Å². The van der Waals surface area contributed by atoms with Crippen molar-refractivity contribution in [3.05, 3.63) is 34.9 Å². The molecule has 1 N–H and O–H groups in total. The van der Waals surface area contributed by atoms with E-state index in [1.54, 1.807) is 0 Å². The molecule has 102 valence electrons. The Morgan fingerprint density at radius 1 is 1.28 bits per heavy atom. The van der Waals surface area contributed by atoms with E-state index in [1.807, 2.05) is 32.2 Å². The van der Waals surface area contributed by atoms with Gasteiger partial charge in [-0.3, -0.25) is 0 Å². The summed E-state index contributed by atoms with van der Waals surface area (Å²) in [5, 5.41) is 4.20. The highest BCUT2D eigenvalue weighted by Crippen LogP contribution is 2.19. The third-order valence-electron chi connectivity index (χ3n) is 3.17. The minimum Gasteiger partial charge on any atom is -0.377 e. The van der Waals surface area contributed by atoms with Crippen LogP contribution >= 0.6 is 11.6 Å². The van der Waals surface area contributed by atoms with Gasteiger partial charge in [0.2, 0.25) is 0 Å². The Balaban J connectivity index is 2.73. The molecule has 0 saturated heterocycles. The van der Waals surface area contributed by atoms with Gasteiger partial charge in [-0.15, -0.1) is 0 Å². The summed E-state index contributed by atoms with van der Waals surface area (Å²) in [6.45, 7) is 4.99. The molecule has 0 aromatic heterocycles. The van der Waals surface area contributed by atoms with Gasteiger partial charge in [0.25, 0.3) is 0 Å². The van der Waals surface area contributed by atoms with Gasteiger partial charge in [0.15, 0.2) is 0 Å². The second kappa shape index (κ2) is 8.52. The molecule has 0 fully saturated rings. The highest BCUT2D eigenvalue weighted by Gasteiger charge is 2.20. The molecule has 0 radical (unpaired) electrons. The van der Waals surface area contributed by atoms with Crippen LogP contribution in [0.3, 0.4) is 0 Å². The Labute approximate surface area is 116 Å². The van der Waals surface area contributed by atoms with Gasteiger partial charge in [-0.05, 0) is 38.4 Å². The maximum atomic E-state index is 6.22. The van der Waals surface area contributed by atoms with Gasteiger partial charge in [0.1, 0.15) is 0 Å². The molecule has 0 saturated carbocycles. The van der Waals surface area contributed by atoms with E-state index in [0.29, 0.717) is 6.04 Å². The van der Waals surface area contributed by atoms with Crippen molar-refractivity contribution in [1.29, 1.82) is 0 Å². The predicted molar refractivity (Wildman–Crippen MR) is 78.3 cm³/mol. The first-order chi connectivity index (χ1) is 8.72. The standard InChI is InChI=1S/C15H24ClNO/c1-4-8-15(18-5-2)14(17-3)11-12-9-6-7-10-13(12)16/h6-7,9-10,14-15,17H,4-5,8,11H2,1-3H3. The van der Waals surface area contributed by atoms with E-state index in [-0.39, 0.29) is 6.10 Å². The van der Waals surface area contributed by atoms with Crippen LogP contribution in [-0.4, -0.2) is 25.8 Å². The number of nitrogens with one attached hydrogen (secondary N) is 1. The lowest BCUT2D eigenvalue weighted by atomic mass is 9.98. The lowest BCUT2D eigenvalue weighted by molar-refractivity contribution is 0.0301. The van der Waals surface area contributed by atoms with Crippen molar-refractivity contribution < 1.29 is 4.74 Å². The van der Waals surface area contributed by atoms with Crippen LogP contribution in [0.1, 0.15) is 32.3 Å². The maximum Gasteiger partial charge on any atom is 0.0730 e. The smallest absolute Gasteiger partial charge is 0.0730 e. The van der Waals surface area contributed by atoms with Crippen molar-refractivity contribution >= 4 is 11.6 Å². The van der Waals surface area contributed by atoms with Gasteiger partial charge in [-0.2, -0.15) is 0 Å². The number of rotatable bonds is 8. The SMILES string of the molecule is CCCC(OCC)C(Cc1ccccc1Cl)NC. The van der Waals surface area contributed by atoms with Crippen LogP contribution in [0.4, 0.5) is 0 Å². The Kier molecular flexibility index (Phi) is 7.33. The molecule has 0 aliphatic heterocycles. The molecule has 0 amide bonds. The zero-order chi connectivity index (χ0) is 13.4. The molecular weight excluding hydrogens is 246 g/mol. The summed E-state index contributed by atoms with van der Waals surface area (Å²) in [6.07, 6.45) is 3.36. The van der Waals surface area contributed by atoms with E-state index in [0.717, 1.165) is 30.9 Å². The summed E-state index contributed by atoms with van der Waals surface area (Å²) >= 11 is 6.22. The molecule has 0 aliphatic carbocycles. The lowest BCUT2D eigenvalue weighted by Gasteiger charge is -2.27. The Bertz CT molecular complexity index is 337. The Morgan fingerprint density at radius 2 is 2.00 bits per heavy atom. The monoisotopic (exact) mass is 269 g/mol. The van der Waals surface area contributed by atoms with Crippen molar-refractivity contribution in [2.75, 3.05) is 13.7 Å². The summed E-state index contributed by atoms with van der Waals surface area (Å²) in [5.41, 5.74) is 1.18. The summed E-state index contributed by atoms with van der Waals surface area (Å²) < 4.78 is 5.84. The molecule has 1 aromatic rings. The molecule has 2 nitrogen and oxygen atoms in total. The normalized spacial score (nSPS) is 14.4. The van der Waals surface area contributed by atoms with Crippen LogP contribution < -0.4 is 5.32 Å². The first kappa shape index (κ1) is 15.5. The van der Waals surface area contributed by atoms with E-state index in [9.17, 15) is 0 Å². The molecule has 0 bridgehead atoms. The summed E-state index contributed by atoms with van der Waals surface area (Å²) in [7, 11) is 1.99. The van der Waals surface area contributed by atoms with E-state index >= 15 is 0 Å². The van der Waals surface area contributed by atoms with E-state index in [1.165, 1.54) is 5.56 Å². The van der Waals surface area contributed by atoms with Crippen molar-refractivity contribution in [2.24, 2.45) is 0 Å². The fraction of sp³-hybridized carbons (Fsp3) is 0.600. The van der Waals surface area contributed by atoms with Crippen molar-refractivity contribution in [3.8, 4) is 0 Å². The van der Waals surface area contributed by atoms with Gasteiger partial charge in [0, 0.05) is 17.7 Å². The topological polar surface area (TPSA) is 21.3 Å². The van der Waals surface area contributed by atoms with Gasteiger partial charge in [-0.1, -0.05) is 43.1 Å². The van der Waals surface area contributed by atoms with Crippen LogP contribution in [0.5, 0.6) is 0 Å². The minimum absolute atomic E-state index is 0.251. The number of hydrogen-bond donors (Lipinski definition) is 1. The zero-order valence-corrected chi connectivity index (χ0v) is 12.3. The highest BCUT2D eigenvalue weighted by atomic mass is 35.5. The predicted octanol–water partition coefficient (Wildman–Crippen LogP) is 3.68. The molecule has 18 heavy (non-hydrogen) atoms. The highest BCUT2D eigenvalue weighted by molar-refractivity contribution is 6.31. The number of ether oxygens (including phenoxy) is 1. The maximum absolute atomic E-state index is 6.22. The molecule has 0 aliphatic rings. The molecule has 2 unspecified atom stereocenters. The average Bonchev–Trinajstić information content (AvgIpc) is 2.38. The molecule has 2 atom stereocenters. The molecular formula is C15H24ClNO. The molecule has 0 heterocycles. The van der Waals surface area contributed by atoms with Crippen LogP contribution in [0.2, 0.25) is 5.02 Å². The van der Waals surface area contributed by atoms with Crippen LogP contribution in [0.25, 0.3) is 0 Å². The van der Waals surface area contributed by atoms with Gasteiger partial charge in [-0.25, -0.2) is 0 Å². The second-order valence-corrected chi connectivity index (χ2v) is 4.88. The lowest BCUT2D eigenvalue weighted by Crippen LogP contribution is -2.41. The first-order valence-corrected chi connectivity index (χ1v) is 7.12. The van der Waals surface area contributed by atoms with Crippen LogP contribution in [0, 0.1) is 0 Å². The second-order valence-electron chi connectivity index (χ2n) is 4.47. The van der Waals surface area contributed by atoms with Gasteiger partial charge >= 0.3 is 0 Å². The van der Waals surface area contributed by atoms with Crippen molar-refractivity contribution in [2.45, 2.75) is 45.3 Å². The van der Waals surface area contributed by atoms with Crippen LogP contribution in [0.15, 0.2) is 24.3 Å². The summed E-state index contributed by atoms with van der Waals surface area (Å²) in [5.74, 6) is 0. The Hall–Kier alpha value is -0.570. The van der Waals surface area contributed by atoms with E-state index in [4.69, 9.17) is 16.3 Å². The van der Waals surface area contributed by atoms with Gasteiger partial charge in [0.05, 0.1) is 6.10 Å². The zero-order valence-electron chi connectivity index (χ0n) is 11.6. The summed E-state index contributed by atoms with van der Waals surface area (Å²) in [6, 6.07) is 8.33. The molecule has 1 rings (SSSR count). The quantitative estimate of drug-likeness (QED) is 0.777. The molecule has 1 aromatic carbocycles. The van der Waals surface area contributed by atoms with E-state index < -0.39 is 0 Å². The van der Waals surface area contributed by atoms with Crippen LogP contribution in [-0.2, 0) is 11.2 Å². The number of likely N-dealkylation sites (N-methyl/N-ethyl adjacent to an activating group) is 1. The molecule has 0 spiro atoms. The average molecular weight is 270 g/mol. The third kappa shape index (κ3) is 4.60. The Morgan fingerprint density at radius 3 is 2.56 bits per heavy atom. The number of benzene rings is 1. The van der Waals surface area contributed by atoms with E-state index in [2.05, 4.69) is 18.3 Å². The minimum atomic E-state index is 0.251. The molecule has 3 heteroatoms. The fourth-order valence-electron chi connectivity index (χ4n) is 2.22. The number of halogens is 1.